The van der Waals surface area contributed by atoms with Gasteiger partial charge in [-0.1, -0.05) is 128 Å². The molecule has 8 heteroatoms. The number of carbonyl (C=O) groups is 3. The number of rotatable bonds is 10. The van der Waals surface area contributed by atoms with Gasteiger partial charge >= 0.3 is 18.0 Å². The van der Waals surface area contributed by atoms with Crippen molar-refractivity contribution < 1.29 is 29.7 Å². The van der Waals surface area contributed by atoms with E-state index in [4.69, 9.17) is 0 Å². The van der Waals surface area contributed by atoms with Crippen molar-refractivity contribution in [2.24, 2.45) is 5.92 Å². The molecule has 0 aliphatic carbocycles. The zero-order chi connectivity index (χ0) is 29.9. The van der Waals surface area contributed by atoms with Crippen molar-refractivity contribution in [1.29, 1.82) is 0 Å². The lowest BCUT2D eigenvalue weighted by atomic mass is 9.64. The first-order valence-corrected chi connectivity index (χ1v) is 13.7. The summed E-state index contributed by atoms with van der Waals surface area (Å²) in [5.74, 6) is -4.35. The van der Waals surface area contributed by atoms with Crippen molar-refractivity contribution in [1.82, 2.24) is 9.80 Å². The summed E-state index contributed by atoms with van der Waals surface area (Å²) >= 11 is 0. The molecule has 3 atom stereocenters. The second kappa shape index (κ2) is 11.5. The van der Waals surface area contributed by atoms with Crippen molar-refractivity contribution in [3.05, 3.63) is 144 Å². The van der Waals surface area contributed by atoms with E-state index in [9.17, 15) is 29.7 Å². The van der Waals surface area contributed by atoms with Gasteiger partial charge in [-0.15, -0.1) is 0 Å². The van der Waals surface area contributed by atoms with Crippen LogP contribution >= 0.6 is 0 Å². The number of amides is 2. The van der Waals surface area contributed by atoms with Crippen LogP contribution in [0, 0.1) is 5.92 Å². The Labute approximate surface area is 244 Å². The van der Waals surface area contributed by atoms with Gasteiger partial charge in [-0.05, 0) is 22.3 Å². The Balaban J connectivity index is 1.78. The Morgan fingerprint density at radius 3 is 1.55 bits per heavy atom. The standard InChI is InChI=1S/C34H32N2O6/c1-24(34(42,27-18-10-4-11-19-27)28-20-12-5-13-21-28)33(31(39)40)29(30(37)38)35(22-25-14-6-2-7-15-25)32(41)36(33)23-26-16-8-3-9-17-26/h2-21,24,29,42H,22-23H2,1H3,(H,37,38)(H,39,40)/t24-,29+,33+/m0/s1. The van der Waals surface area contributed by atoms with Gasteiger partial charge in [0.2, 0.25) is 0 Å². The maximum atomic E-state index is 14.3. The number of hydrogen-bond acceptors (Lipinski definition) is 4. The first-order chi connectivity index (χ1) is 20.2. The fourth-order valence-electron chi connectivity index (χ4n) is 6.29. The third kappa shape index (κ3) is 4.69. The number of carbonyl (C=O) groups excluding carboxylic acids is 1. The predicted octanol–water partition coefficient (Wildman–Crippen LogP) is 4.97. The highest BCUT2D eigenvalue weighted by Crippen LogP contribution is 2.50. The summed E-state index contributed by atoms with van der Waals surface area (Å²) in [5.41, 5.74) is -2.37. The summed E-state index contributed by atoms with van der Waals surface area (Å²) in [6, 6.07) is 32.2. The minimum absolute atomic E-state index is 0.126. The Morgan fingerprint density at radius 1 is 0.738 bits per heavy atom. The molecule has 4 aromatic carbocycles. The number of aliphatic carboxylic acids is 2. The van der Waals surface area contributed by atoms with Gasteiger partial charge in [0.25, 0.3) is 0 Å². The summed E-state index contributed by atoms with van der Waals surface area (Å²) in [6.45, 7) is 1.21. The fourth-order valence-corrected chi connectivity index (χ4v) is 6.29. The van der Waals surface area contributed by atoms with E-state index in [1.54, 1.807) is 121 Å². The highest BCUT2D eigenvalue weighted by atomic mass is 16.4. The molecule has 1 fully saturated rings. The maximum absolute atomic E-state index is 14.3. The van der Waals surface area contributed by atoms with E-state index < -0.39 is 41.1 Å². The Morgan fingerprint density at radius 2 is 1.14 bits per heavy atom. The quantitative estimate of drug-likeness (QED) is 0.250. The molecular weight excluding hydrogens is 532 g/mol. The largest absolute Gasteiger partial charge is 0.480 e. The van der Waals surface area contributed by atoms with Crippen molar-refractivity contribution in [2.45, 2.75) is 37.2 Å². The summed E-state index contributed by atoms with van der Waals surface area (Å²) in [5, 5.41) is 34.6. The highest BCUT2D eigenvalue weighted by molar-refractivity contribution is 6.00. The molecule has 3 N–H and O–H groups in total. The molecule has 8 nitrogen and oxygen atoms in total. The van der Waals surface area contributed by atoms with Crippen molar-refractivity contribution in [3.8, 4) is 0 Å². The number of urea groups is 1. The summed E-state index contributed by atoms with van der Waals surface area (Å²) in [7, 11) is 0. The topological polar surface area (TPSA) is 118 Å². The number of benzene rings is 4. The highest BCUT2D eigenvalue weighted by Gasteiger charge is 2.71. The van der Waals surface area contributed by atoms with Crippen LogP contribution < -0.4 is 0 Å². The third-order valence-corrected chi connectivity index (χ3v) is 8.32. The Kier molecular flexibility index (Phi) is 7.83. The van der Waals surface area contributed by atoms with Crippen LogP contribution in [0.3, 0.4) is 0 Å². The lowest BCUT2D eigenvalue weighted by molar-refractivity contribution is -0.170. The van der Waals surface area contributed by atoms with E-state index in [0.717, 1.165) is 9.80 Å². The molecular formula is C34H32N2O6. The van der Waals surface area contributed by atoms with E-state index in [1.807, 2.05) is 0 Å². The monoisotopic (exact) mass is 564 g/mol. The van der Waals surface area contributed by atoms with Crippen LogP contribution in [0.15, 0.2) is 121 Å². The number of nitrogens with zero attached hydrogens (tertiary/aromatic N) is 2. The van der Waals surface area contributed by atoms with Crippen LogP contribution in [0.5, 0.6) is 0 Å². The normalized spacial score (nSPS) is 19.5. The predicted molar refractivity (Wildman–Crippen MR) is 156 cm³/mol. The van der Waals surface area contributed by atoms with Crippen LogP contribution in [0.2, 0.25) is 0 Å². The average molecular weight is 565 g/mol. The third-order valence-electron chi connectivity index (χ3n) is 8.32. The number of carboxylic acid groups (broad SMARTS) is 2. The second-order valence-corrected chi connectivity index (χ2v) is 10.6. The van der Waals surface area contributed by atoms with E-state index in [0.29, 0.717) is 22.3 Å². The second-order valence-electron chi connectivity index (χ2n) is 10.6. The smallest absolute Gasteiger partial charge is 0.332 e. The van der Waals surface area contributed by atoms with E-state index in [2.05, 4.69) is 0 Å². The van der Waals surface area contributed by atoms with Crippen LogP contribution in [-0.4, -0.2) is 54.7 Å². The van der Waals surface area contributed by atoms with Gasteiger partial charge in [0.15, 0.2) is 11.6 Å². The summed E-state index contributed by atoms with van der Waals surface area (Å²) in [4.78, 5) is 43.5. The average Bonchev–Trinajstić information content (AvgIpc) is 3.26. The SMILES string of the molecule is C[C@H](C(O)(c1ccccc1)c1ccccc1)[C@]1(C(=O)O)[C@@H](C(=O)O)N(Cc2ccccc2)C(=O)N1Cc1ccccc1. The lowest BCUT2D eigenvalue weighted by Crippen LogP contribution is -2.68. The van der Waals surface area contributed by atoms with Gasteiger partial charge in [-0.3, -0.25) is 0 Å². The fraction of sp³-hybridized carbons (Fsp3) is 0.206. The first kappa shape index (κ1) is 28.6. The number of carboxylic acids is 2. The van der Waals surface area contributed by atoms with Gasteiger partial charge in [-0.25, -0.2) is 14.4 Å². The maximum Gasteiger partial charge on any atom is 0.332 e. The molecule has 5 rings (SSSR count). The minimum Gasteiger partial charge on any atom is -0.480 e. The molecule has 214 valence electrons. The molecule has 0 bridgehead atoms. The van der Waals surface area contributed by atoms with Crippen molar-refractivity contribution in [3.63, 3.8) is 0 Å². The van der Waals surface area contributed by atoms with E-state index >= 15 is 0 Å². The molecule has 4 aromatic rings. The van der Waals surface area contributed by atoms with Crippen molar-refractivity contribution in [2.75, 3.05) is 0 Å². The zero-order valence-corrected chi connectivity index (χ0v) is 23.1. The number of hydrogen-bond donors (Lipinski definition) is 3. The molecule has 2 amide bonds. The van der Waals surface area contributed by atoms with Gasteiger partial charge < -0.3 is 25.1 Å². The molecule has 0 spiro atoms. The molecule has 1 aliphatic rings. The molecule has 42 heavy (non-hydrogen) atoms. The summed E-state index contributed by atoms with van der Waals surface area (Å²) in [6.07, 6.45) is 0. The molecule has 0 unspecified atom stereocenters. The van der Waals surface area contributed by atoms with Gasteiger partial charge in [-0.2, -0.15) is 0 Å². The molecule has 0 aromatic heterocycles. The van der Waals surface area contributed by atoms with Crippen molar-refractivity contribution >= 4 is 18.0 Å². The summed E-state index contributed by atoms with van der Waals surface area (Å²) < 4.78 is 0. The van der Waals surface area contributed by atoms with Crippen LogP contribution in [-0.2, 0) is 28.3 Å². The van der Waals surface area contributed by atoms with Crippen LogP contribution in [0.1, 0.15) is 29.2 Å². The van der Waals surface area contributed by atoms with Gasteiger partial charge in [0.1, 0.15) is 5.60 Å². The van der Waals surface area contributed by atoms with Gasteiger partial charge in [0.05, 0.1) is 0 Å². The molecule has 1 aliphatic heterocycles. The number of aliphatic hydroxyl groups is 1. The molecule has 1 saturated heterocycles. The molecule has 1 heterocycles. The van der Waals surface area contributed by atoms with E-state index in [-0.39, 0.29) is 13.1 Å². The lowest BCUT2D eigenvalue weighted by Gasteiger charge is -2.48. The van der Waals surface area contributed by atoms with Crippen LogP contribution in [0.25, 0.3) is 0 Å². The zero-order valence-electron chi connectivity index (χ0n) is 23.1. The Bertz CT molecular complexity index is 1510. The Hall–Kier alpha value is -4.95. The minimum atomic E-state index is -2.39. The van der Waals surface area contributed by atoms with Crippen LogP contribution in [0.4, 0.5) is 4.79 Å². The molecule has 0 radical (unpaired) electrons. The molecule has 0 saturated carbocycles. The van der Waals surface area contributed by atoms with E-state index in [1.165, 1.54) is 6.92 Å². The first-order valence-electron chi connectivity index (χ1n) is 13.7. The van der Waals surface area contributed by atoms with Gasteiger partial charge in [0, 0.05) is 19.0 Å².